The zero-order valence-electron chi connectivity index (χ0n) is 11.8. The van der Waals surface area contributed by atoms with Crippen LogP contribution >= 0.6 is 0 Å². The lowest BCUT2D eigenvalue weighted by Crippen LogP contribution is -1.89. The topological polar surface area (TPSA) is 0 Å². The van der Waals surface area contributed by atoms with Gasteiger partial charge in [0.05, 0.1) is 0 Å². The minimum absolute atomic E-state index is 1.19. The van der Waals surface area contributed by atoms with Gasteiger partial charge in [-0.2, -0.15) is 0 Å². The SMILES string of the molecule is [c]1[c]c2c3cccc4ccc5ccc6ccc(c1)c2c6c5c43. The van der Waals surface area contributed by atoms with Gasteiger partial charge in [-0.25, -0.2) is 0 Å². The van der Waals surface area contributed by atoms with E-state index in [1.807, 2.05) is 6.07 Å². The Kier molecular flexibility index (Phi) is 1.71. The maximum absolute atomic E-state index is 3.38. The third-order valence-electron chi connectivity index (χ3n) is 4.98. The third kappa shape index (κ3) is 1.09. The largest absolute Gasteiger partial charge is 0.0610 e. The zero-order valence-corrected chi connectivity index (χ0v) is 11.8. The van der Waals surface area contributed by atoms with Crippen LogP contribution in [-0.4, -0.2) is 0 Å². The Hall–Kier alpha value is -2.86. The molecule has 0 N–H and O–H groups in total. The van der Waals surface area contributed by atoms with Crippen LogP contribution < -0.4 is 0 Å². The van der Waals surface area contributed by atoms with Crippen molar-refractivity contribution < 1.29 is 0 Å². The molecule has 6 aromatic rings. The van der Waals surface area contributed by atoms with E-state index in [1.54, 1.807) is 0 Å². The van der Waals surface area contributed by atoms with Gasteiger partial charge in [-0.05, 0) is 72.1 Å². The van der Waals surface area contributed by atoms with Crippen molar-refractivity contribution in [1.29, 1.82) is 0 Å². The van der Waals surface area contributed by atoms with Crippen LogP contribution in [0.2, 0.25) is 0 Å². The van der Waals surface area contributed by atoms with Crippen molar-refractivity contribution in [3.05, 3.63) is 72.8 Å². The van der Waals surface area contributed by atoms with Crippen molar-refractivity contribution in [2.75, 3.05) is 0 Å². The van der Waals surface area contributed by atoms with Crippen LogP contribution in [-0.2, 0) is 0 Å². The maximum Gasteiger partial charge on any atom is -0.000695 e. The Labute approximate surface area is 127 Å². The first kappa shape index (κ1) is 10.8. The predicted molar refractivity (Wildman–Crippen MR) is 94.0 cm³/mol. The van der Waals surface area contributed by atoms with Gasteiger partial charge in [-0.15, -0.1) is 0 Å². The van der Waals surface area contributed by atoms with Gasteiger partial charge in [0.2, 0.25) is 0 Å². The van der Waals surface area contributed by atoms with E-state index in [2.05, 4.69) is 66.7 Å². The molecule has 6 rings (SSSR count). The van der Waals surface area contributed by atoms with Crippen molar-refractivity contribution in [2.24, 2.45) is 0 Å². The molecule has 0 aliphatic carbocycles. The Morgan fingerprint density at radius 2 is 1.18 bits per heavy atom. The highest BCUT2D eigenvalue weighted by atomic mass is 14.2. The molecule has 0 fully saturated rings. The highest BCUT2D eigenvalue weighted by molar-refractivity contribution is 6.39. The zero-order chi connectivity index (χ0) is 14.3. The fourth-order valence-electron chi connectivity index (χ4n) is 4.07. The van der Waals surface area contributed by atoms with E-state index in [0.717, 1.165) is 0 Å². The van der Waals surface area contributed by atoms with Crippen LogP contribution in [0, 0.1) is 12.1 Å². The van der Waals surface area contributed by atoms with E-state index >= 15 is 0 Å². The summed E-state index contributed by atoms with van der Waals surface area (Å²) in [6, 6.07) is 28.5. The molecule has 0 aliphatic heterocycles. The van der Waals surface area contributed by atoms with Crippen molar-refractivity contribution in [2.45, 2.75) is 0 Å². The second-order valence-corrected chi connectivity index (χ2v) is 6.05. The summed E-state index contributed by atoms with van der Waals surface area (Å²) in [5.74, 6) is 0. The number of benzene rings is 6. The van der Waals surface area contributed by atoms with Crippen molar-refractivity contribution in [3.8, 4) is 0 Å². The van der Waals surface area contributed by atoms with E-state index in [1.165, 1.54) is 53.9 Å². The molecule has 2 radical (unpaired) electrons. The normalized spacial score (nSPS) is 12.5. The highest BCUT2D eigenvalue weighted by Crippen LogP contribution is 2.44. The minimum atomic E-state index is 1.19. The fraction of sp³-hybridized carbons (Fsp3) is 0. The molecule has 98 valence electrons. The van der Waals surface area contributed by atoms with Gasteiger partial charge in [0.15, 0.2) is 0 Å². The molecule has 0 spiro atoms. The first-order chi connectivity index (χ1) is 10.9. The molecule has 6 aromatic carbocycles. The summed E-state index contributed by atoms with van der Waals surface area (Å²) in [5, 5.41) is 13.1. The Morgan fingerprint density at radius 3 is 1.95 bits per heavy atom. The van der Waals surface area contributed by atoms with Crippen LogP contribution in [0.25, 0.3) is 53.9 Å². The van der Waals surface area contributed by atoms with Gasteiger partial charge in [0, 0.05) is 0 Å². The summed E-state index contributed by atoms with van der Waals surface area (Å²) in [6.07, 6.45) is 0. The second kappa shape index (κ2) is 3.48. The second-order valence-electron chi connectivity index (χ2n) is 6.05. The first-order valence-electron chi connectivity index (χ1n) is 7.55. The van der Waals surface area contributed by atoms with Crippen LogP contribution in [0.3, 0.4) is 0 Å². The molecule has 0 aromatic heterocycles. The molecule has 0 atom stereocenters. The molecule has 0 saturated heterocycles. The summed E-state index contributed by atoms with van der Waals surface area (Å²) < 4.78 is 0. The van der Waals surface area contributed by atoms with Gasteiger partial charge in [-0.1, -0.05) is 54.6 Å². The average Bonchev–Trinajstić information content (AvgIpc) is 2.59. The molecule has 0 nitrogen and oxygen atoms in total. The van der Waals surface area contributed by atoms with Crippen molar-refractivity contribution >= 4 is 53.9 Å². The molecule has 22 heavy (non-hydrogen) atoms. The number of hydrogen-bond acceptors (Lipinski definition) is 0. The maximum atomic E-state index is 3.38. The van der Waals surface area contributed by atoms with Crippen LogP contribution in [0.5, 0.6) is 0 Å². The van der Waals surface area contributed by atoms with E-state index in [0.29, 0.717) is 0 Å². The van der Waals surface area contributed by atoms with Crippen molar-refractivity contribution in [1.82, 2.24) is 0 Å². The molecular formula is C22H10. The molecule has 0 amide bonds. The van der Waals surface area contributed by atoms with Crippen molar-refractivity contribution in [3.63, 3.8) is 0 Å². The van der Waals surface area contributed by atoms with E-state index in [9.17, 15) is 0 Å². The summed E-state index contributed by atoms with van der Waals surface area (Å²) >= 11 is 0. The third-order valence-corrected chi connectivity index (χ3v) is 4.98. The smallest absolute Gasteiger partial charge is 0.000695 e. The number of hydrogen-bond donors (Lipinski definition) is 0. The summed E-state index contributed by atoms with van der Waals surface area (Å²) in [5.41, 5.74) is 0. The molecule has 0 heteroatoms. The highest BCUT2D eigenvalue weighted by Gasteiger charge is 2.16. The standard InChI is InChI=1S/C22H10/c1-3-13-7-9-15-11-12-16-10-8-14-4-2-6-18-17(5-1)19(13)21(15)22(16)20(14)18/h1,3-5,7-12H. The van der Waals surface area contributed by atoms with Crippen LogP contribution in [0.15, 0.2) is 60.7 Å². The molecule has 0 saturated carbocycles. The minimum Gasteiger partial charge on any atom is -0.0610 e. The molecule has 0 unspecified atom stereocenters. The Balaban J connectivity index is 2.21. The summed E-state index contributed by atoms with van der Waals surface area (Å²) in [6.45, 7) is 0. The lowest BCUT2D eigenvalue weighted by molar-refractivity contribution is 1.78. The lowest BCUT2D eigenvalue weighted by Gasteiger charge is -2.17. The lowest BCUT2D eigenvalue weighted by atomic mass is 9.86. The first-order valence-corrected chi connectivity index (χ1v) is 7.55. The molecule has 0 heterocycles. The number of fused-ring (bicyclic) bond motifs is 1. The monoisotopic (exact) mass is 274 g/mol. The summed E-state index contributed by atoms with van der Waals surface area (Å²) in [7, 11) is 0. The molecule has 0 aliphatic rings. The average molecular weight is 274 g/mol. The van der Waals surface area contributed by atoms with Gasteiger partial charge < -0.3 is 0 Å². The van der Waals surface area contributed by atoms with Gasteiger partial charge >= 0.3 is 0 Å². The fourth-order valence-corrected chi connectivity index (χ4v) is 4.07. The van der Waals surface area contributed by atoms with Gasteiger partial charge in [0.25, 0.3) is 0 Å². The number of rotatable bonds is 0. The Bertz CT molecular complexity index is 1190. The van der Waals surface area contributed by atoms with Gasteiger partial charge in [0.1, 0.15) is 0 Å². The predicted octanol–water partition coefficient (Wildman–Crippen LogP) is 5.93. The van der Waals surface area contributed by atoms with E-state index < -0.39 is 0 Å². The van der Waals surface area contributed by atoms with E-state index in [-0.39, 0.29) is 0 Å². The Morgan fingerprint density at radius 1 is 0.545 bits per heavy atom. The van der Waals surface area contributed by atoms with Gasteiger partial charge in [-0.3, -0.25) is 0 Å². The summed E-state index contributed by atoms with van der Waals surface area (Å²) in [4.78, 5) is 0. The molecule has 0 bridgehead atoms. The quantitative estimate of drug-likeness (QED) is 0.238. The van der Waals surface area contributed by atoms with Crippen LogP contribution in [0.4, 0.5) is 0 Å². The van der Waals surface area contributed by atoms with E-state index in [4.69, 9.17) is 0 Å². The van der Waals surface area contributed by atoms with Crippen LogP contribution in [0.1, 0.15) is 0 Å². The molecular weight excluding hydrogens is 264 g/mol.